The molecule has 4 heterocycles. The number of carbonyl (C=O) groups excluding carboxylic acids is 3. The third-order valence-electron chi connectivity index (χ3n) is 7.74. The van der Waals surface area contributed by atoms with Gasteiger partial charge in [0, 0.05) is 37.7 Å². The zero-order valence-corrected chi connectivity index (χ0v) is 18.1. The summed E-state index contributed by atoms with van der Waals surface area (Å²) in [6.45, 7) is 2.37. The molecule has 0 aromatic heterocycles. The summed E-state index contributed by atoms with van der Waals surface area (Å²) in [6, 6.07) is 5.48. The number of nitrogens with zero attached hydrogens (tertiary/aromatic N) is 2. The highest BCUT2D eigenvalue weighted by Gasteiger charge is 2.42. The van der Waals surface area contributed by atoms with Crippen molar-refractivity contribution in [2.24, 2.45) is 0 Å². The molecule has 1 aliphatic carbocycles. The van der Waals surface area contributed by atoms with Crippen LogP contribution in [0, 0.1) is 0 Å². The van der Waals surface area contributed by atoms with E-state index in [1.54, 1.807) is 4.90 Å². The van der Waals surface area contributed by atoms with Gasteiger partial charge in [0.05, 0.1) is 12.2 Å². The van der Waals surface area contributed by atoms with Crippen LogP contribution in [0.5, 0.6) is 5.75 Å². The van der Waals surface area contributed by atoms with Gasteiger partial charge in [-0.05, 0) is 62.3 Å². The van der Waals surface area contributed by atoms with Crippen molar-refractivity contribution in [2.75, 3.05) is 13.1 Å². The summed E-state index contributed by atoms with van der Waals surface area (Å²) < 4.78 is 12.5. The van der Waals surface area contributed by atoms with Crippen molar-refractivity contribution in [3.05, 3.63) is 29.3 Å². The third-order valence-corrected chi connectivity index (χ3v) is 7.74. The van der Waals surface area contributed by atoms with Crippen LogP contribution >= 0.6 is 0 Å². The third kappa shape index (κ3) is 3.49. The summed E-state index contributed by atoms with van der Waals surface area (Å²) in [4.78, 5) is 40.8. The van der Waals surface area contributed by atoms with E-state index in [0.29, 0.717) is 36.8 Å². The maximum Gasteiger partial charge on any atom is 0.255 e. The fraction of sp³-hybridized carbons (Fsp3) is 0.625. The first-order valence-corrected chi connectivity index (χ1v) is 11.9. The monoisotopic (exact) mass is 439 g/mol. The first-order chi connectivity index (χ1) is 15.5. The summed E-state index contributed by atoms with van der Waals surface area (Å²) in [5.41, 5.74) is 1.51. The number of ether oxygens (including phenoxy) is 2. The summed E-state index contributed by atoms with van der Waals surface area (Å²) in [7, 11) is 0. The second-order valence-corrected chi connectivity index (χ2v) is 9.78. The molecule has 1 saturated carbocycles. The van der Waals surface area contributed by atoms with Crippen molar-refractivity contribution in [1.29, 1.82) is 0 Å². The smallest absolute Gasteiger partial charge is 0.255 e. The van der Waals surface area contributed by atoms with Crippen LogP contribution in [0.4, 0.5) is 0 Å². The van der Waals surface area contributed by atoms with Gasteiger partial charge in [-0.2, -0.15) is 0 Å². The molecule has 1 aromatic rings. The van der Waals surface area contributed by atoms with Crippen molar-refractivity contribution in [1.82, 2.24) is 15.1 Å². The van der Waals surface area contributed by atoms with E-state index in [-0.39, 0.29) is 30.2 Å². The minimum absolute atomic E-state index is 0.147. The van der Waals surface area contributed by atoms with Gasteiger partial charge in [0.25, 0.3) is 5.91 Å². The SMILES string of the molecule is O=C1CCC(N2Cc3cc(OC4CCC[C@H]4N4CC5CCC(C4)O5)ccc3C2=O)C(=O)N1. The van der Waals surface area contributed by atoms with Crippen LogP contribution < -0.4 is 10.1 Å². The molecular formula is C24H29N3O5. The molecule has 4 fully saturated rings. The second kappa shape index (κ2) is 7.85. The van der Waals surface area contributed by atoms with Gasteiger partial charge in [0.15, 0.2) is 0 Å². The molecule has 32 heavy (non-hydrogen) atoms. The quantitative estimate of drug-likeness (QED) is 0.718. The fourth-order valence-corrected chi connectivity index (χ4v) is 6.18. The highest BCUT2D eigenvalue weighted by molar-refractivity contribution is 6.05. The number of benzene rings is 1. The van der Waals surface area contributed by atoms with Crippen LogP contribution in [0.1, 0.15) is 60.9 Å². The van der Waals surface area contributed by atoms with Crippen LogP contribution in [0.3, 0.4) is 0 Å². The minimum Gasteiger partial charge on any atom is -0.489 e. The lowest BCUT2D eigenvalue weighted by Crippen LogP contribution is -2.52. The van der Waals surface area contributed by atoms with Gasteiger partial charge in [-0.15, -0.1) is 0 Å². The Bertz CT molecular complexity index is 953. The molecule has 3 saturated heterocycles. The molecule has 8 nitrogen and oxygen atoms in total. The number of likely N-dealkylation sites (tertiary alicyclic amines) is 1. The molecule has 1 aromatic carbocycles. The zero-order chi connectivity index (χ0) is 21.8. The highest BCUT2D eigenvalue weighted by atomic mass is 16.5. The van der Waals surface area contributed by atoms with E-state index < -0.39 is 6.04 Å². The van der Waals surface area contributed by atoms with E-state index in [4.69, 9.17) is 9.47 Å². The molecule has 1 N–H and O–H groups in total. The molecular weight excluding hydrogens is 410 g/mol. The fourth-order valence-electron chi connectivity index (χ4n) is 6.18. The predicted octanol–water partition coefficient (Wildman–Crippen LogP) is 1.61. The highest BCUT2D eigenvalue weighted by Crippen LogP contribution is 2.35. The average molecular weight is 440 g/mol. The Kier molecular flexibility index (Phi) is 4.95. The van der Waals surface area contributed by atoms with Crippen LogP contribution in [-0.2, 0) is 20.9 Å². The number of morpholine rings is 1. The van der Waals surface area contributed by atoms with Gasteiger partial charge in [-0.1, -0.05) is 0 Å². The van der Waals surface area contributed by atoms with Gasteiger partial charge in [-0.25, -0.2) is 0 Å². The molecule has 2 bridgehead atoms. The number of imide groups is 1. The Morgan fingerprint density at radius 1 is 1.00 bits per heavy atom. The van der Waals surface area contributed by atoms with E-state index in [0.717, 1.165) is 43.7 Å². The van der Waals surface area contributed by atoms with E-state index in [9.17, 15) is 14.4 Å². The lowest BCUT2D eigenvalue weighted by atomic mass is 10.0. The van der Waals surface area contributed by atoms with Crippen molar-refractivity contribution in [2.45, 2.75) is 81.9 Å². The van der Waals surface area contributed by atoms with E-state index in [2.05, 4.69) is 10.2 Å². The van der Waals surface area contributed by atoms with Gasteiger partial charge in [-0.3, -0.25) is 24.6 Å². The number of nitrogens with one attached hydrogen (secondary N) is 1. The predicted molar refractivity (Wildman–Crippen MR) is 114 cm³/mol. The minimum atomic E-state index is -0.590. The van der Waals surface area contributed by atoms with E-state index >= 15 is 0 Å². The maximum absolute atomic E-state index is 12.9. The topological polar surface area (TPSA) is 88.2 Å². The Morgan fingerprint density at radius 3 is 2.59 bits per heavy atom. The van der Waals surface area contributed by atoms with Crippen LogP contribution in [0.15, 0.2) is 18.2 Å². The Hall–Kier alpha value is -2.45. The molecule has 170 valence electrons. The van der Waals surface area contributed by atoms with Gasteiger partial charge < -0.3 is 14.4 Å². The molecule has 4 unspecified atom stereocenters. The Balaban J connectivity index is 1.15. The first-order valence-electron chi connectivity index (χ1n) is 11.9. The summed E-state index contributed by atoms with van der Waals surface area (Å²) in [6.07, 6.45) is 7.22. The molecule has 5 aliphatic rings. The first kappa shape index (κ1) is 20.2. The number of fused-ring (bicyclic) bond motifs is 3. The Morgan fingerprint density at radius 2 is 1.81 bits per heavy atom. The molecule has 0 spiro atoms. The lowest BCUT2D eigenvalue weighted by molar-refractivity contribution is -0.136. The molecule has 3 amide bonds. The van der Waals surface area contributed by atoms with E-state index in [1.165, 1.54) is 12.8 Å². The summed E-state index contributed by atoms with van der Waals surface area (Å²) in [5.74, 6) is -0.0176. The standard InChI is InChI=1S/C24H29N3O5/c28-22-9-8-20(23(29)25-22)27-11-14-10-15(6-7-18(14)24(27)30)32-21-3-1-2-19(21)26-12-16-4-5-17(13-26)31-16/h6-7,10,16-17,19-21H,1-5,8-9,11-13H2,(H,25,28,29)/t16?,17?,19-,20?,21?/m1/s1. The van der Waals surface area contributed by atoms with Crippen molar-refractivity contribution in [3.63, 3.8) is 0 Å². The molecule has 4 aliphatic heterocycles. The lowest BCUT2D eigenvalue weighted by Gasteiger charge is -2.38. The summed E-state index contributed by atoms with van der Waals surface area (Å²) in [5, 5.41) is 2.35. The molecule has 5 atom stereocenters. The number of hydrogen-bond acceptors (Lipinski definition) is 6. The average Bonchev–Trinajstić information content (AvgIpc) is 3.46. The van der Waals surface area contributed by atoms with Crippen LogP contribution in [0.2, 0.25) is 0 Å². The number of hydrogen-bond donors (Lipinski definition) is 1. The maximum atomic E-state index is 12.9. The van der Waals surface area contributed by atoms with Crippen molar-refractivity contribution >= 4 is 17.7 Å². The number of amides is 3. The largest absolute Gasteiger partial charge is 0.489 e. The number of carbonyl (C=O) groups is 3. The van der Waals surface area contributed by atoms with Gasteiger partial charge in [0.2, 0.25) is 11.8 Å². The number of rotatable bonds is 4. The van der Waals surface area contributed by atoms with Crippen LogP contribution in [-0.4, -0.2) is 71.0 Å². The van der Waals surface area contributed by atoms with Crippen molar-refractivity contribution in [3.8, 4) is 5.75 Å². The molecule has 0 radical (unpaired) electrons. The molecule has 6 rings (SSSR count). The summed E-state index contributed by atoms with van der Waals surface area (Å²) >= 11 is 0. The second-order valence-electron chi connectivity index (χ2n) is 9.78. The van der Waals surface area contributed by atoms with Crippen LogP contribution in [0.25, 0.3) is 0 Å². The zero-order valence-electron chi connectivity index (χ0n) is 18.1. The Labute approximate surface area is 187 Å². The van der Waals surface area contributed by atoms with Gasteiger partial charge in [0.1, 0.15) is 17.9 Å². The molecule has 8 heteroatoms. The van der Waals surface area contributed by atoms with Crippen molar-refractivity contribution < 1.29 is 23.9 Å². The number of piperidine rings is 1. The normalized spacial score (nSPS) is 34.7. The van der Waals surface area contributed by atoms with Gasteiger partial charge >= 0.3 is 0 Å². The van der Waals surface area contributed by atoms with E-state index in [1.807, 2.05) is 18.2 Å².